The molecule has 2 aromatic rings. The summed E-state index contributed by atoms with van der Waals surface area (Å²) in [5.41, 5.74) is 1.47. The minimum atomic E-state index is -0.842. The number of fused-ring (bicyclic) bond motifs is 1. The van der Waals surface area contributed by atoms with E-state index in [4.69, 9.17) is 5.11 Å². The third-order valence-electron chi connectivity index (χ3n) is 3.36. The first-order valence-electron chi connectivity index (χ1n) is 6.95. The van der Waals surface area contributed by atoms with Gasteiger partial charge in [-0.2, -0.15) is 5.10 Å². The highest BCUT2D eigenvalue weighted by Crippen LogP contribution is 2.16. The molecule has 1 heterocycles. The van der Waals surface area contributed by atoms with E-state index in [-0.39, 0.29) is 18.4 Å². The fraction of sp³-hybridized carbons (Fsp3) is 0.400. The van der Waals surface area contributed by atoms with Crippen molar-refractivity contribution >= 4 is 22.8 Å². The maximum absolute atomic E-state index is 12.6. The molecule has 2 rings (SSSR count). The van der Waals surface area contributed by atoms with Crippen LogP contribution in [0, 0.1) is 0 Å². The second-order valence-corrected chi connectivity index (χ2v) is 5.26. The molecule has 0 saturated heterocycles. The van der Waals surface area contributed by atoms with Gasteiger partial charge in [0, 0.05) is 30.0 Å². The van der Waals surface area contributed by atoms with Crippen LogP contribution in [0.5, 0.6) is 0 Å². The second-order valence-electron chi connectivity index (χ2n) is 5.26. The van der Waals surface area contributed by atoms with Crippen molar-refractivity contribution in [3.63, 3.8) is 0 Å². The Bertz CT molecular complexity index is 648. The molecule has 0 fully saturated rings. The van der Waals surface area contributed by atoms with E-state index < -0.39 is 5.97 Å². The molecule has 0 saturated carbocycles. The molecule has 112 valence electrons. The van der Waals surface area contributed by atoms with Crippen LogP contribution in [-0.2, 0) is 4.79 Å². The van der Waals surface area contributed by atoms with Gasteiger partial charge < -0.3 is 10.0 Å². The molecule has 0 bridgehead atoms. The van der Waals surface area contributed by atoms with Crippen molar-refractivity contribution in [2.45, 2.75) is 32.7 Å². The maximum Gasteiger partial charge on any atom is 0.303 e. The fourth-order valence-corrected chi connectivity index (χ4v) is 2.24. The summed E-state index contributed by atoms with van der Waals surface area (Å²) >= 11 is 0. The van der Waals surface area contributed by atoms with Crippen LogP contribution in [-0.4, -0.2) is 44.7 Å². The SMILES string of the molecule is CC(C)N(CCCC(=O)O)C(=O)c1ccc2[nH]ncc2c1. The van der Waals surface area contributed by atoms with Crippen molar-refractivity contribution in [3.05, 3.63) is 30.0 Å². The first-order chi connectivity index (χ1) is 9.99. The predicted octanol–water partition coefficient (Wildman–Crippen LogP) is 2.28. The van der Waals surface area contributed by atoms with Crippen molar-refractivity contribution in [3.8, 4) is 0 Å². The molecule has 6 nitrogen and oxygen atoms in total. The number of aliphatic carboxylic acids is 1. The Morgan fingerprint density at radius 2 is 2.14 bits per heavy atom. The molecule has 2 N–H and O–H groups in total. The smallest absolute Gasteiger partial charge is 0.303 e. The molecule has 0 aliphatic heterocycles. The monoisotopic (exact) mass is 289 g/mol. The molecular weight excluding hydrogens is 270 g/mol. The lowest BCUT2D eigenvalue weighted by molar-refractivity contribution is -0.137. The normalized spacial score (nSPS) is 11.0. The summed E-state index contributed by atoms with van der Waals surface area (Å²) in [4.78, 5) is 24.9. The van der Waals surface area contributed by atoms with Crippen molar-refractivity contribution in [1.29, 1.82) is 0 Å². The number of benzene rings is 1. The topological polar surface area (TPSA) is 86.3 Å². The number of carbonyl (C=O) groups is 2. The number of hydrogen-bond acceptors (Lipinski definition) is 3. The number of carboxylic acid groups (broad SMARTS) is 1. The number of amides is 1. The largest absolute Gasteiger partial charge is 0.481 e. The van der Waals surface area contributed by atoms with Gasteiger partial charge in [0.1, 0.15) is 0 Å². The van der Waals surface area contributed by atoms with E-state index in [9.17, 15) is 9.59 Å². The van der Waals surface area contributed by atoms with Gasteiger partial charge in [-0.25, -0.2) is 0 Å². The van der Waals surface area contributed by atoms with Gasteiger partial charge in [0.2, 0.25) is 0 Å². The third kappa shape index (κ3) is 3.59. The Hall–Kier alpha value is -2.37. The highest BCUT2D eigenvalue weighted by atomic mass is 16.4. The Balaban J connectivity index is 2.14. The molecule has 0 aliphatic rings. The first-order valence-corrected chi connectivity index (χ1v) is 6.95. The summed E-state index contributed by atoms with van der Waals surface area (Å²) in [6.45, 7) is 4.29. The third-order valence-corrected chi connectivity index (χ3v) is 3.36. The number of hydrogen-bond donors (Lipinski definition) is 2. The van der Waals surface area contributed by atoms with Crippen LogP contribution < -0.4 is 0 Å². The number of nitrogens with one attached hydrogen (secondary N) is 1. The van der Waals surface area contributed by atoms with Crippen molar-refractivity contribution in [2.24, 2.45) is 0 Å². The van der Waals surface area contributed by atoms with Gasteiger partial charge in [0.05, 0.1) is 11.7 Å². The van der Waals surface area contributed by atoms with Crippen LogP contribution in [0.2, 0.25) is 0 Å². The summed E-state index contributed by atoms with van der Waals surface area (Å²) in [5, 5.41) is 16.4. The number of H-pyrrole nitrogens is 1. The quantitative estimate of drug-likeness (QED) is 0.854. The van der Waals surface area contributed by atoms with Crippen LogP contribution in [0.25, 0.3) is 10.9 Å². The molecule has 0 aliphatic carbocycles. The van der Waals surface area contributed by atoms with Gasteiger partial charge in [-0.05, 0) is 38.5 Å². The van der Waals surface area contributed by atoms with E-state index >= 15 is 0 Å². The second kappa shape index (κ2) is 6.39. The van der Waals surface area contributed by atoms with Gasteiger partial charge in [-0.3, -0.25) is 14.7 Å². The molecule has 1 amide bonds. The zero-order valence-electron chi connectivity index (χ0n) is 12.2. The van der Waals surface area contributed by atoms with Crippen LogP contribution in [0.3, 0.4) is 0 Å². The number of nitrogens with zero attached hydrogens (tertiary/aromatic N) is 2. The summed E-state index contributed by atoms with van der Waals surface area (Å²) < 4.78 is 0. The molecule has 0 radical (unpaired) electrons. The van der Waals surface area contributed by atoms with Crippen molar-refractivity contribution in [2.75, 3.05) is 6.54 Å². The molecule has 21 heavy (non-hydrogen) atoms. The average molecular weight is 289 g/mol. The number of aromatic amines is 1. The minimum absolute atomic E-state index is 0.0198. The Kier molecular flexibility index (Phi) is 4.57. The molecule has 0 atom stereocenters. The van der Waals surface area contributed by atoms with Crippen LogP contribution in [0.4, 0.5) is 0 Å². The van der Waals surface area contributed by atoms with Crippen LogP contribution in [0.15, 0.2) is 24.4 Å². The van der Waals surface area contributed by atoms with Gasteiger partial charge in [-0.15, -0.1) is 0 Å². The zero-order valence-corrected chi connectivity index (χ0v) is 12.2. The number of carbonyl (C=O) groups excluding carboxylic acids is 1. The summed E-state index contributed by atoms with van der Waals surface area (Å²) in [6, 6.07) is 5.40. The fourth-order valence-electron chi connectivity index (χ4n) is 2.24. The van der Waals surface area contributed by atoms with Crippen LogP contribution in [0.1, 0.15) is 37.0 Å². The average Bonchev–Trinajstić information content (AvgIpc) is 2.89. The molecule has 0 spiro atoms. The minimum Gasteiger partial charge on any atom is -0.481 e. The number of rotatable bonds is 6. The summed E-state index contributed by atoms with van der Waals surface area (Å²) in [6.07, 6.45) is 2.20. The Morgan fingerprint density at radius 1 is 1.38 bits per heavy atom. The number of carboxylic acids is 1. The summed E-state index contributed by atoms with van der Waals surface area (Å²) in [7, 11) is 0. The van der Waals surface area contributed by atoms with Crippen LogP contribution >= 0.6 is 0 Å². The molecule has 1 aromatic carbocycles. The lowest BCUT2D eigenvalue weighted by Crippen LogP contribution is -2.37. The van der Waals surface area contributed by atoms with E-state index in [1.165, 1.54) is 0 Å². The highest BCUT2D eigenvalue weighted by molar-refractivity contribution is 5.98. The van der Waals surface area contributed by atoms with Gasteiger partial charge in [0.25, 0.3) is 5.91 Å². The van der Waals surface area contributed by atoms with Gasteiger partial charge in [-0.1, -0.05) is 0 Å². The van der Waals surface area contributed by atoms with E-state index in [0.717, 1.165) is 10.9 Å². The lowest BCUT2D eigenvalue weighted by atomic mass is 10.1. The van der Waals surface area contributed by atoms with Crippen molar-refractivity contribution in [1.82, 2.24) is 15.1 Å². The number of aromatic nitrogens is 2. The van der Waals surface area contributed by atoms with E-state index in [1.807, 2.05) is 19.9 Å². The molecule has 6 heteroatoms. The zero-order chi connectivity index (χ0) is 15.4. The first kappa shape index (κ1) is 15.0. The van der Waals surface area contributed by atoms with E-state index in [0.29, 0.717) is 18.5 Å². The Morgan fingerprint density at radius 3 is 2.81 bits per heavy atom. The maximum atomic E-state index is 12.6. The molecule has 1 aromatic heterocycles. The lowest BCUT2D eigenvalue weighted by Gasteiger charge is -2.26. The Labute approximate surface area is 122 Å². The van der Waals surface area contributed by atoms with E-state index in [1.54, 1.807) is 23.2 Å². The van der Waals surface area contributed by atoms with Crippen molar-refractivity contribution < 1.29 is 14.7 Å². The van der Waals surface area contributed by atoms with Gasteiger partial charge >= 0.3 is 5.97 Å². The molecule has 0 unspecified atom stereocenters. The standard InChI is InChI=1S/C15H19N3O3/c1-10(2)18(7-3-4-14(19)20)15(21)11-5-6-13-12(8-11)9-16-17-13/h5-6,8-10H,3-4,7H2,1-2H3,(H,16,17)(H,19,20). The molecular formula is C15H19N3O3. The van der Waals surface area contributed by atoms with E-state index in [2.05, 4.69) is 10.2 Å². The highest BCUT2D eigenvalue weighted by Gasteiger charge is 2.19. The van der Waals surface area contributed by atoms with Gasteiger partial charge in [0.15, 0.2) is 0 Å². The predicted molar refractivity (Wildman–Crippen MR) is 79.1 cm³/mol. The summed E-state index contributed by atoms with van der Waals surface area (Å²) in [5.74, 6) is -0.926.